The van der Waals surface area contributed by atoms with Gasteiger partial charge in [0.2, 0.25) is 5.91 Å². The summed E-state index contributed by atoms with van der Waals surface area (Å²) in [6.07, 6.45) is 1.55. The number of rotatable bonds is 6. The molecule has 1 aromatic heterocycles. The zero-order chi connectivity index (χ0) is 22.8. The van der Waals surface area contributed by atoms with E-state index < -0.39 is 0 Å². The molecule has 2 heterocycles. The Bertz CT molecular complexity index is 1360. The van der Waals surface area contributed by atoms with Gasteiger partial charge in [-0.15, -0.1) is 0 Å². The van der Waals surface area contributed by atoms with E-state index >= 15 is 0 Å². The average molecular weight is 456 g/mol. The van der Waals surface area contributed by atoms with Gasteiger partial charge in [0.1, 0.15) is 0 Å². The van der Waals surface area contributed by atoms with Gasteiger partial charge >= 0.3 is 0 Å². The van der Waals surface area contributed by atoms with E-state index in [0.29, 0.717) is 34.8 Å². The molecule has 0 saturated carbocycles. The van der Waals surface area contributed by atoms with Crippen molar-refractivity contribution in [3.63, 3.8) is 0 Å². The third kappa shape index (κ3) is 4.57. The minimum Gasteiger partial charge on any atom is -0.312 e. The van der Waals surface area contributed by atoms with E-state index in [9.17, 15) is 9.59 Å². The monoisotopic (exact) mass is 455 g/mol. The summed E-state index contributed by atoms with van der Waals surface area (Å²) in [6.45, 7) is 3.33. The molecule has 4 aromatic rings. The molecule has 0 N–H and O–H groups in total. The SMILES string of the molecule is Cc1ccc(Cn2c(SCc3ccc(N4CCCC4=O)cc3)nc3ccccc3c2=O)cc1. The molecule has 0 spiro atoms. The highest BCUT2D eigenvalue weighted by Crippen LogP contribution is 2.26. The summed E-state index contributed by atoms with van der Waals surface area (Å²) in [5.41, 5.74) is 5.03. The molecule has 1 saturated heterocycles. The Morgan fingerprint density at radius 2 is 1.64 bits per heavy atom. The van der Waals surface area contributed by atoms with Crippen LogP contribution in [0.1, 0.15) is 29.5 Å². The number of anilines is 1. The largest absolute Gasteiger partial charge is 0.312 e. The number of carbonyl (C=O) groups is 1. The lowest BCUT2D eigenvalue weighted by atomic mass is 10.1. The lowest BCUT2D eigenvalue weighted by molar-refractivity contribution is -0.117. The van der Waals surface area contributed by atoms with Gasteiger partial charge in [0, 0.05) is 24.4 Å². The number of benzene rings is 3. The number of hydrogen-bond donors (Lipinski definition) is 0. The number of nitrogens with zero attached hydrogens (tertiary/aromatic N) is 3. The Labute approximate surface area is 197 Å². The van der Waals surface area contributed by atoms with Crippen molar-refractivity contribution in [1.82, 2.24) is 9.55 Å². The molecule has 0 radical (unpaired) electrons. The van der Waals surface area contributed by atoms with Gasteiger partial charge in [-0.05, 0) is 48.7 Å². The molecule has 1 amide bonds. The molecule has 33 heavy (non-hydrogen) atoms. The summed E-state index contributed by atoms with van der Waals surface area (Å²) >= 11 is 1.56. The summed E-state index contributed by atoms with van der Waals surface area (Å²) < 4.78 is 1.77. The topological polar surface area (TPSA) is 55.2 Å². The summed E-state index contributed by atoms with van der Waals surface area (Å²) in [5, 5.41) is 1.34. The molecular weight excluding hydrogens is 430 g/mol. The van der Waals surface area contributed by atoms with Crippen molar-refractivity contribution in [2.24, 2.45) is 0 Å². The molecule has 0 aliphatic carbocycles. The molecule has 3 aromatic carbocycles. The van der Waals surface area contributed by atoms with Gasteiger partial charge < -0.3 is 4.90 Å². The van der Waals surface area contributed by atoms with Gasteiger partial charge in [-0.2, -0.15) is 0 Å². The number of hydrogen-bond acceptors (Lipinski definition) is 4. The minimum absolute atomic E-state index is 0.0217. The highest BCUT2D eigenvalue weighted by Gasteiger charge is 2.21. The fraction of sp³-hybridized carbons (Fsp3) is 0.222. The van der Waals surface area contributed by atoms with Crippen molar-refractivity contribution in [3.05, 3.63) is 99.8 Å². The maximum atomic E-state index is 13.3. The zero-order valence-corrected chi connectivity index (χ0v) is 19.3. The summed E-state index contributed by atoms with van der Waals surface area (Å²) in [6, 6.07) is 23.9. The fourth-order valence-electron chi connectivity index (χ4n) is 4.11. The van der Waals surface area contributed by atoms with E-state index in [1.807, 2.05) is 41.3 Å². The van der Waals surface area contributed by atoms with Crippen LogP contribution in [0, 0.1) is 6.92 Å². The van der Waals surface area contributed by atoms with Crippen molar-refractivity contribution in [2.75, 3.05) is 11.4 Å². The van der Waals surface area contributed by atoms with E-state index in [-0.39, 0.29) is 11.5 Å². The van der Waals surface area contributed by atoms with Gasteiger partial charge in [0.05, 0.1) is 17.4 Å². The lowest BCUT2D eigenvalue weighted by Gasteiger charge is -2.16. The predicted octanol–water partition coefficient (Wildman–Crippen LogP) is 5.17. The van der Waals surface area contributed by atoms with Crippen molar-refractivity contribution in [1.29, 1.82) is 0 Å². The normalized spacial score (nSPS) is 13.7. The second-order valence-corrected chi connectivity index (χ2v) is 9.33. The van der Waals surface area contributed by atoms with Crippen LogP contribution in [0.2, 0.25) is 0 Å². The highest BCUT2D eigenvalue weighted by molar-refractivity contribution is 7.98. The molecular formula is C27H25N3O2S. The summed E-state index contributed by atoms with van der Waals surface area (Å²) in [7, 11) is 0. The maximum absolute atomic E-state index is 13.3. The molecule has 1 fully saturated rings. The van der Waals surface area contributed by atoms with Crippen LogP contribution in [0.5, 0.6) is 0 Å². The molecule has 0 bridgehead atoms. The molecule has 0 unspecified atom stereocenters. The molecule has 1 aliphatic heterocycles. The molecule has 5 nitrogen and oxygen atoms in total. The minimum atomic E-state index is -0.0217. The van der Waals surface area contributed by atoms with Crippen molar-refractivity contribution in [3.8, 4) is 0 Å². The quantitative estimate of drug-likeness (QED) is 0.297. The van der Waals surface area contributed by atoms with Crippen LogP contribution < -0.4 is 10.5 Å². The van der Waals surface area contributed by atoms with Crippen molar-refractivity contribution >= 4 is 34.3 Å². The summed E-state index contributed by atoms with van der Waals surface area (Å²) in [4.78, 5) is 32.0. The summed E-state index contributed by atoms with van der Waals surface area (Å²) in [5.74, 6) is 0.880. The zero-order valence-electron chi connectivity index (χ0n) is 18.5. The Kier molecular flexibility index (Phi) is 6.01. The predicted molar refractivity (Wildman–Crippen MR) is 134 cm³/mol. The lowest BCUT2D eigenvalue weighted by Crippen LogP contribution is -2.24. The number of fused-ring (bicyclic) bond motifs is 1. The Hall–Kier alpha value is -3.38. The first-order valence-corrected chi connectivity index (χ1v) is 12.1. The Morgan fingerprint density at radius 1 is 0.909 bits per heavy atom. The van der Waals surface area contributed by atoms with Gasteiger partial charge in [0.25, 0.3) is 5.56 Å². The van der Waals surface area contributed by atoms with Crippen LogP contribution in [-0.4, -0.2) is 22.0 Å². The van der Waals surface area contributed by atoms with Crippen LogP contribution in [0.15, 0.2) is 82.7 Å². The molecule has 0 atom stereocenters. The van der Waals surface area contributed by atoms with Gasteiger partial charge in [0.15, 0.2) is 5.16 Å². The number of carbonyl (C=O) groups excluding carboxylic acids is 1. The van der Waals surface area contributed by atoms with Gasteiger partial charge in [-0.1, -0.05) is 65.9 Å². The van der Waals surface area contributed by atoms with Crippen molar-refractivity contribution < 1.29 is 4.79 Å². The number of para-hydroxylation sites is 1. The third-order valence-electron chi connectivity index (χ3n) is 5.98. The van der Waals surface area contributed by atoms with Crippen LogP contribution >= 0.6 is 11.8 Å². The highest BCUT2D eigenvalue weighted by atomic mass is 32.2. The number of thioether (sulfide) groups is 1. The number of aryl methyl sites for hydroxylation is 1. The van der Waals surface area contributed by atoms with E-state index in [1.165, 1.54) is 5.56 Å². The number of aromatic nitrogens is 2. The Morgan fingerprint density at radius 3 is 2.36 bits per heavy atom. The Balaban J connectivity index is 1.42. The van der Waals surface area contributed by atoms with Gasteiger partial charge in [-0.3, -0.25) is 14.2 Å². The van der Waals surface area contributed by atoms with Crippen LogP contribution in [0.3, 0.4) is 0 Å². The second-order valence-electron chi connectivity index (χ2n) is 8.39. The number of amides is 1. The van der Waals surface area contributed by atoms with Crippen molar-refractivity contribution in [2.45, 2.75) is 37.2 Å². The molecule has 1 aliphatic rings. The van der Waals surface area contributed by atoms with E-state index in [4.69, 9.17) is 4.98 Å². The third-order valence-corrected chi connectivity index (χ3v) is 7.02. The van der Waals surface area contributed by atoms with Gasteiger partial charge in [-0.25, -0.2) is 4.98 Å². The van der Waals surface area contributed by atoms with Crippen LogP contribution in [-0.2, 0) is 17.1 Å². The first-order chi connectivity index (χ1) is 16.1. The molecule has 6 heteroatoms. The van der Waals surface area contributed by atoms with E-state index in [1.54, 1.807) is 16.3 Å². The molecule has 166 valence electrons. The first kappa shape index (κ1) is 21.5. The second kappa shape index (κ2) is 9.24. The standard InChI is InChI=1S/C27H25N3O2S/c1-19-8-10-20(11-9-19)17-30-26(32)23-5-2-3-6-24(23)28-27(30)33-18-21-12-14-22(15-13-21)29-16-4-7-25(29)31/h2-3,5-6,8-15H,4,7,16-18H2,1H3. The molecule has 5 rings (SSSR count). The average Bonchev–Trinajstić information content (AvgIpc) is 3.27. The van der Waals surface area contributed by atoms with E-state index in [0.717, 1.165) is 29.8 Å². The van der Waals surface area contributed by atoms with Crippen LogP contribution in [0.25, 0.3) is 10.9 Å². The maximum Gasteiger partial charge on any atom is 0.262 e. The fourth-order valence-corrected chi connectivity index (χ4v) is 5.07. The first-order valence-electron chi connectivity index (χ1n) is 11.2. The van der Waals surface area contributed by atoms with Crippen LogP contribution in [0.4, 0.5) is 5.69 Å². The smallest absolute Gasteiger partial charge is 0.262 e. The van der Waals surface area contributed by atoms with E-state index in [2.05, 4.69) is 43.3 Å².